The van der Waals surface area contributed by atoms with Crippen LogP contribution in [0.15, 0.2) is 83.8 Å². The fourth-order valence-corrected chi connectivity index (χ4v) is 5.63. The van der Waals surface area contributed by atoms with E-state index in [9.17, 15) is 8.42 Å². The molecule has 3 aromatic carbocycles. The van der Waals surface area contributed by atoms with E-state index in [2.05, 4.69) is 68.0 Å². The second-order valence-corrected chi connectivity index (χ2v) is 10.9. The van der Waals surface area contributed by atoms with Gasteiger partial charge in [0.05, 0.1) is 4.90 Å². The van der Waals surface area contributed by atoms with Crippen LogP contribution in [0, 0.1) is 0 Å². The van der Waals surface area contributed by atoms with Crippen LogP contribution in [0.25, 0.3) is 0 Å². The van der Waals surface area contributed by atoms with Crippen molar-refractivity contribution in [3.05, 3.63) is 89.4 Å². The highest BCUT2D eigenvalue weighted by molar-refractivity contribution is 7.89. The topological polar surface area (TPSA) is 55.9 Å². The molecule has 1 aliphatic rings. The van der Waals surface area contributed by atoms with Gasteiger partial charge >= 0.3 is 0 Å². The molecule has 0 unspecified atom stereocenters. The summed E-state index contributed by atoms with van der Waals surface area (Å²) >= 11 is 6.03. The molecule has 0 saturated carbocycles. The highest BCUT2D eigenvalue weighted by Crippen LogP contribution is 2.26. The largest absolute Gasteiger partial charge is 0.378 e. The number of hydrogen-bond acceptors (Lipinski definition) is 5. The molecule has 0 aromatic heterocycles. The van der Waals surface area contributed by atoms with Gasteiger partial charge in [0.15, 0.2) is 0 Å². The van der Waals surface area contributed by atoms with Crippen molar-refractivity contribution in [2.24, 2.45) is 0 Å². The van der Waals surface area contributed by atoms with Crippen molar-refractivity contribution in [1.82, 2.24) is 9.62 Å². The predicted octanol–water partition coefficient (Wildman–Crippen LogP) is 4.25. The smallest absolute Gasteiger partial charge is 0.240 e. The van der Waals surface area contributed by atoms with E-state index in [1.807, 2.05) is 20.2 Å². The fourth-order valence-electron chi connectivity index (χ4n) is 4.29. The van der Waals surface area contributed by atoms with Gasteiger partial charge in [-0.05, 0) is 48.0 Å². The van der Waals surface area contributed by atoms with Crippen LogP contribution in [0.2, 0.25) is 5.02 Å². The van der Waals surface area contributed by atoms with E-state index in [4.69, 9.17) is 11.6 Å². The SMILES string of the molecule is CN(C)c1ccc([C@H](CNS(=O)(=O)c2cccc(Cl)c2)N2CCN(c3ccccc3)CC2)cc1. The summed E-state index contributed by atoms with van der Waals surface area (Å²) in [5.74, 6) is 0. The number of benzene rings is 3. The average Bonchev–Trinajstić information content (AvgIpc) is 2.85. The van der Waals surface area contributed by atoms with Crippen LogP contribution in [0.4, 0.5) is 11.4 Å². The summed E-state index contributed by atoms with van der Waals surface area (Å²) in [6, 6.07) is 25.0. The summed E-state index contributed by atoms with van der Waals surface area (Å²) < 4.78 is 28.8. The van der Waals surface area contributed by atoms with Crippen molar-refractivity contribution in [3.8, 4) is 0 Å². The van der Waals surface area contributed by atoms with E-state index in [0.29, 0.717) is 5.02 Å². The zero-order valence-corrected chi connectivity index (χ0v) is 21.1. The first-order chi connectivity index (χ1) is 16.3. The number of sulfonamides is 1. The number of rotatable bonds is 8. The third-order valence-corrected chi connectivity index (χ3v) is 7.90. The summed E-state index contributed by atoms with van der Waals surface area (Å²) in [4.78, 5) is 6.97. The van der Waals surface area contributed by atoms with Crippen LogP contribution in [-0.4, -0.2) is 60.1 Å². The number of anilines is 2. The molecular weight excluding hydrogens is 468 g/mol. The molecule has 6 nitrogen and oxygen atoms in total. The lowest BCUT2D eigenvalue weighted by Gasteiger charge is -2.40. The number of hydrogen-bond donors (Lipinski definition) is 1. The average molecular weight is 499 g/mol. The second-order valence-electron chi connectivity index (χ2n) is 8.67. The molecule has 0 bridgehead atoms. The van der Waals surface area contributed by atoms with Gasteiger partial charge in [-0.1, -0.05) is 48.0 Å². The Morgan fingerprint density at radius 1 is 0.912 bits per heavy atom. The minimum atomic E-state index is -3.68. The first-order valence-corrected chi connectivity index (χ1v) is 13.3. The zero-order chi connectivity index (χ0) is 24.1. The van der Waals surface area contributed by atoms with Gasteiger partial charge in [0, 0.05) is 69.3 Å². The first kappa shape index (κ1) is 24.5. The van der Waals surface area contributed by atoms with Crippen LogP contribution < -0.4 is 14.5 Å². The lowest BCUT2D eigenvalue weighted by molar-refractivity contribution is 0.187. The molecule has 0 aliphatic carbocycles. The first-order valence-electron chi connectivity index (χ1n) is 11.4. The Labute approximate surface area is 207 Å². The Morgan fingerprint density at radius 2 is 1.59 bits per heavy atom. The van der Waals surface area contributed by atoms with Crippen LogP contribution >= 0.6 is 11.6 Å². The molecule has 1 aliphatic heterocycles. The van der Waals surface area contributed by atoms with Gasteiger partial charge in [0.2, 0.25) is 10.0 Å². The summed E-state index contributed by atoms with van der Waals surface area (Å²) in [5, 5.41) is 0.399. The van der Waals surface area contributed by atoms with E-state index in [0.717, 1.165) is 37.4 Å². The number of halogens is 1. The van der Waals surface area contributed by atoms with Gasteiger partial charge in [-0.2, -0.15) is 0 Å². The van der Waals surface area contributed by atoms with E-state index in [1.54, 1.807) is 18.2 Å². The minimum Gasteiger partial charge on any atom is -0.378 e. The molecule has 1 atom stereocenters. The van der Waals surface area contributed by atoms with Gasteiger partial charge < -0.3 is 9.80 Å². The zero-order valence-electron chi connectivity index (χ0n) is 19.6. The normalized spacial score (nSPS) is 15.8. The molecule has 34 heavy (non-hydrogen) atoms. The molecule has 0 radical (unpaired) electrons. The van der Waals surface area contributed by atoms with E-state index < -0.39 is 10.0 Å². The maximum Gasteiger partial charge on any atom is 0.240 e. The van der Waals surface area contributed by atoms with Crippen molar-refractivity contribution in [2.75, 3.05) is 56.6 Å². The Kier molecular flexibility index (Phi) is 7.78. The molecule has 0 spiro atoms. The lowest BCUT2D eigenvalue weighted by atomic mass is 10.0. The maximum atomic E-state index is 13.0. The molecule has 1 saturated heterocycles. The van der Waals surface area contributed by atoms with Crippen molar-refractivity contribution in [2.45, 2.75) is 10.9 Å². The van der Waals surface area contributed by atoms with Gasteiger partial charge in [-0.3, -0.25) is 4.90 Å². The Morgan fingerprint density at radius 3 is 2.21 bits per heavy atom. The molecule has 8 heteroatoms. The van der Waals surface area contributed by atoms with Gasteiger partial charge in [0.25, 0.3) is 0 Å². The van der Waals surface area contributed by atoms with Crippen molar-refractivity contribution in [1.29, 1.82) is 0 Å². The number of piperazine rings is 1. The third-order valence-electron chi connectivity index (χ3n) is 6.24. The molecule has 180 valence electrons. The maximum absolute atomic E-state index is 13.0. The molecule has 1 heterocycles. The Balaban J connectivity index is 1.52. The predicted molar refractivity (Wildman–Crippen MR) is 140 cm³/mol. The fraction of sp³-hybridized carbons (Fsp3) is 0.308. The van der Waals surface area contributed by atoms with E-state index >= 15 is 0 Å². The molecule has 1 fully saturated rings. The molecular formula is C26H31ClN4O2S. The van der Waals surface area contributed by atoms with Crippen LogP contribution in [0.3, 0.4) is 0 Å². The molecule has 1 N–H and O–H groups in total. The number of para-hydroxylation sites is 1. The Hall–Kier alpha value is -2.58. The Bertz CT molecular complexity index is 1180. The summed E-state index contributed by atoms with van der Waals surface area (Å²) in [6.07, 6.45) is 0. The number of nitrogens with zero attached hydrogens (tertiary/aromatic N) is 3. The minimum absolute atomic E-state index is 0.0805. The third kappa shape index (κ3) is 5.91. The standard InChI is InChI=1S/C26H31ClN4O2S/c1-29(2)23-13-11-21(12-14-23)26(20-28-34(32,33)25-10-6-7-22(27)19-25)31-17-15-30(16-18-31)24-8-4-3-5-9-24/h3-14,19,26,28H,15-18,20H2,1-2H3/t26-/m0/s1. The summed E-state index contributed by atoms with van der Waals surface area (Å²) in [5.41, 5.74) is 3.42. The van der Waals surface area contributed by atoms with Gasteiger partial charge in [0.1, 0.15) is 0 Å². The van der Waals surface area contributed by atoms with Crippen LogP contribution in [-0.2, 0) is 10.0 Å². The van der Waals surface area contributed by atoms with Crippen LogP contribution in [0.5, 0.6) is 0 Å². The van der Waals surface area contributed by atoms with Crippen LogP contribution in [0.1, 0.15) is 11.6 Å². The molecule has 3 aromatic rings. The van der Waals surface area contributed by atoms with E-state index in [-0.39, 0.29) is 17.5 Å². The highest BCUT2D eigenvalue weighted by Gasteiger charge is 2.27. The van der Waals surface area contributed by atoms with Crippen molar-refractivity contribution in [3.63, 3.8) is 0 Å². The van der Waals surface area contributed by atoms with Crippen molar-refractivity contribution < 1.29 is 8.42 Å². The highest BCUT2D eigenvalue weighted by atomic mass is 35.5. The summed E-state index contributed by atoms with van der Waals surface area (Å²) in [7, 11) is 0.337. The monoisotopic (exact) mass is 498 g/mol. The molecule has 4 rings (SSSR count). The summed E-state index contributed by atoms with van der Waals surface area (Å²) in [6.45, 7) is 3.73. The quantitative estimate of drug-likeness (QED) is 0.503. The van der Waals surface area contributed by atoms with E-state index in [1.165, 1.54) is 11.8 Å². The lowest BCUT2D eigenvalue weighted by Crippen LogP contribution is -2.49. The molecule has 0 amide bonds. The van der Waals surface area contributed by atoms with Crippen molar-refractivity contribution >= 4 is 33.0 Å². The second kappa shape index (κ2) is 10.8. The van der Waals surface area contributed by atoms with Gasteiger partial charge in [-0.15, -0.1) is 0 Å². The number of nitrogens with one attached hydrogen (secondary N) is 1. The van der Waals surface area contributed by atoms with Gasteiger partial charge in [-0.25, -0.2) is 13.1 Å².